The van der Waals surface area contributed by atoms with E-state index in [1.165, 1.54) is 18.3 Å². The average molecular weight is 563 g/mol. The summed E-state index contributed by atoms with van der Waals surface area (Å²) in [4.78, 5) is 27.0. The molecule has 1 aliphatic heterocycles. The molecule has 1 saturated heterocycles. The van der Waals surface area contributed by atoms with Gasteiger partial charge in [0.1, 0.15) is 12.3 Å². The van der Waals surface area contributed by atoms with E-state index >= 15 is 0 Å². The molecule has 4 rings (SSSR count). The van der Waals surface area contributed by atoms with Gasteiger partial charge in [0.05, 0.1) is 16.8 Å². The molecule has 0 saturated carbocycles. The lowest BCUT2D eigenvalue weighted by Gasteiger charge is -2.26. The second kappa shape index (κ2) is 13.3. The van der Waals surface area contributed by atoms with Crippen molar-refractivity contribution in [3.63, 3.8) is 0 Å². The third-order valence-corrected chi connectivity index (χ3v) is 8.37. The maximum atomic E-state index is 13.5. The molecule has 0 aromatic heterocycles. The molecule has 1 N–H and O–H groups in total. The smallest absolute Gasteiger partial charge is 0.264 e. The van der Waals surface area contributed by atoms with Crippen molar-refractivity contribution < 1.29 is 22.7 Å². The van der Waals surface area contributed by atoms with Crippen LogP contribution in [0, 0.1) is 13.8 Å². The summed E-state index contributed by atoms with van der Waals surface area (Å²) in [6.45, 7) is 4.83. The number of amides is 2. The highest BCUT2D eigenvalue weighted by atomic mass is 32.2. The number of hydrazone groups is 1. The van der Waals surface area contributed by atoms with Gasteiger partial charge in [-0.2, -0.15) is 5.10 Å². The minimum absolute atomic E-state index is 0.00760. The largest absolute Gasteiger partial charge is 0.484 e. The first-order valence-electron chi connectivity index (χ1n) is 13.2. The highest BCUT2D eigenvalue weighted by Crippen LogP contribution is 2.27. The number of anilines is 1. The molecule has 9 nitrogen and oxygen atoms in total. The molecule has 0 aliphatic carbocycles. The summed E-state index contributed by atoms with van der Waals surface area (Å²) in [5, 5.41) is 4.00. The maximum Gasteiger partial charge on any atom is 0.264 e. The van der Waals surface area contributed by atoms with Gasteiger partial charge >= 0.3 is 0 Å². The lowest BCUT2D eigenvalue weighted by atomic mass is 10.1. The van der Waals surface area contributed by atoms with Gasteiger partial charge in [0.2, 0.25) is 0 Å². The van der Waals surface area contributed by atoms with Gasteiger partial charge in [-0.05, 0) is 86.7 Å². The summed E-state index contributed by atoms with van der Waals surface area (Å²) in [7, 11) is -4.01. The zero-order chi connectivity index (χ0) is 28.5. The Labute approximate surface area is 235 Å². The normalized spacial score (nSPS) is 13.7. The lowest BCUT2D eigenvalue weighted by Crippen LogP contribution is -2.40. The van der Waals surface area contributed by atoms with Crippen LogP contribution in [0.1, 0.15) is 36.0 Å². The number of piperidine rings is 1. The van der Waals surface area contributed by atoms with E-state index in [0.29, 0.717) is 17.0 Å². The minimum Gasteiger partial charge on any atom is -0.484 e. The highest BCUT2D eigenvalue weighted by Gasteiger charge is 2.28. The van der Waals surface area contributed by atoms with Crippen LogP contribution >= 0.6 is 0 Å². The van der Waals surface area contributed by atoms with Crippen LogP contribution in [0.15, 0.2) is 82.8 Å². The number of aryl methyl sites for hydroxylation is 2. The van der Waals surface area contributed by atoms with E-state index in [1.807, 2.05) is 30.9 Å². The van der Waals surface area contributed by atoms with Crippen molar-refractivity contribution in [3.05, 3.63) is 89.5 Å². The lowest BCUT2D eigenvalue weighted by molar-refractivity contribution is -0.134. The molecule has 0 radical (unpaired) electrons. The first kappa shape index (κ1) is 28.8. The Bertz CT molecular complexity index is 1450. The molecule has 0 atom stereocenters. The predicted molar refractivity (Wildman–Crippen MR) is 155 cm³/mol. The molecule has 210 valence electrons. The average Bonchev–Trinajstić information content (AvgIpc) is 2.96. The van der Waals surface area contributed by atoms with E-state index in [-0.39, 0.29) is 17.4 Å². The molecule has 10 heteroatoms. The number of carbonyl (C=O) groups excluding carboxylic acids is 2. The third-order valence-electron chi connectivity index (χ3n) is 6.59. The monoisotopic (exact) mass is 562 g/mol. The zero-order valence-electron chi connectivity index (χ0n) is 22.7. The number of rotatable bonds is 10. The Hall–Kier alpha value is -4.18. The molecule has 40 heavy (non-hydrogen) atoms. The molecular weight excluding hydrogens is 528 g/mol. The molecule has 1 heterocycles. The summed E-state index contributed by atoms with van der Waals surface area (Å²) < 4.78 is 33.7. The van der Waals surface area contributed by atoms with E-state index in [2.05, 4.69) is 10.5 Å². The molecule has 0 bridgehead atoms. The fraction of sp³-hybridized carbons (Fsp3) is 0.300. The van der Waals surface area contributed by atoms with Crippen molar-refractivity contribution in [2.24, 2.45) is 5.10 Å². The SMILES string of the molecule is Cc1ccc(N(CC(=O)N/N=C\c2ccc(OCC(=O)N3CCCCC3)cc2)S(=O)(=O)c2ccccc2)c(C)c1. The number of nitrogens with zero attached hydrogens (tertiary/aromatic N) is 3. The van der Waals surface area contributed by atoms with Gasteiger partial charge in [-0.15, -0.1) is 0 Å². The van der Waals surface area contributed by atoms with Gasteiger partial charge in [0, 0.05) is 13.1 Å². The summed E-state index contributed by atoms with van der Waals surface area (Å²) in [5.41, 5.74) is 5.25. The molecule has 0 spiro atoms. The van der Waals surface area contributed by atoms with Crippen molar-refractivity contribution in [1.82, 2.24) is 10.3 Å². The Morgan fingerprint density at radius 3 is 2.35 bits per heavy atom. The van der Waals surface area contributed by atoms with Crippen LogP contribution in [-0.2, 0) is 19.6 Å². The molecule has 1 fully saturated rings. The number of hydrogen-bond acceptors (Lipinski definition) is 6. The number of carbonyl (C=O) groups is 2. The van der Waals surface area contributed by atoms with Crippen molar-refractivity contribution in [2.75, 3.05) is 30.5 Å². The molecular formula is C30H34N4O5S. The number of ether oxygens (including phenoxy) is 1. The number of benzene rings is 3. The minimum atomic E-state index is -4.01. The van der Waals surface area contributed by atoms with E-state index in [1.54, 1.807) is 48.5 Å². The second-order valence-corrected chi connectivity index (χ2v) is 11.6. The highest BCUT2D eigenvalue weighted by molar-refractivity contribution is 7.92. The topological polar surface area (TPSA) is 108 Å². The van der Waals surface area contributed by atoms with Crippen LogP contribution in [0.2, 0.25) is 0 Å². The number of hydrogen-bond donors (Lipinski definition) is 1. The Morgan fingerprint density at radius 1 is 0.975 bits per heavy atom. The first-order chi connectivity index (χ1) is 19.2. The summed E-state index contributed by atoms with van der Waals surface area (Å²) in [6, 6.07) is 20.3. The molecule has 0 unspecified atom stereocenters. The zero-order valence-corrected chi connectivity index (χ0v) is 23.6. The van der Waals surface area contributed by atoms with E-state index in [0.717, 1.165) is 47.8 Å². The van der Waals surface area contributed by atoms with Crippen molar-refractivity contribution >= 4 is 33.7 Å². The van der Waals surface area contributed by atoms with Crippen LogP contribution in [0.4, 0.5) is 5.69 Å². The molecule has 3 aromatic carbocycles. The summed E-state index contributed by atoms with van der Waals surface area (Å²) in [5.74, 6) is -0.0501. The van der Waals surface area contributed by atoms with E-state index in [4.69, 9.17) is 4.74 Å². The van der Waals surface area contributed by atoms with Gasteiger partial charge in [-0.3, -0.25) is 13.9 Å². The second-order valence-electron chi connectivity index (χ2n) is 9.71. The first-order valence-corrected chi connectivity index (χ1v) is 14.7. The summed E-state index contributed by atoms with van der Waals surface area (Å²) >= 11 is 0. The van der Waals surface area contributed by atoms with Gasteiger partial charge in [-0.25, -0.2) is 13.8 Å². The molecule has 1 aliphatic rings. The van der Waals surface area contributed by atoms with Crippen LogP contribution in [0.3, 0.4) is 0 Å². The predicted octanol–water partition coefficient (Wildman–Crippen LogP) is 4.04. The number of sulfonamides is 1. The van der Waals surface area contributed by atoms with Crippen molar-refractivity contribution in [2.45, 2.75) is 38.0 Å². The number of likely N-dealkylation sites (tertiary alicyclic amines) is 1. The van der Waals surface area contributed by atoms with Crippen LogP contribution in [0.5, 0.6) is 5.75 Å². The summed E-state index contributed by atoms with van der Waals surface area (Å²) in [6.07, 6.45) is 4.67. The Morgan fingerprint density at radius 2 is 1.68 bits per heavy atom. The van der Waals surface area contributed by atoms with Gasteiger partial charge < -0.3 is 9.64 Å². The van der Waals surface area contributed by atoms with Gasteiger partial charge in [0.25, 0.3) is 21.8 Å². The van der Waals surface area contributed by atoms with Gasteiger partial charge in [0.15, 0.2) is 6.61 Å². The molecule has 2 amide bonds. The quantitative estimate of drug-likeness (QED) is 0.296. The standard InChI is InChI=1S/C30H34N4O5S/c1-23-11-16-28(24(2)19-23)34(40(37,38)27-9-5-3-6-10-27)21-29(35)32-31-20-25-12-14-26(15-13-25)39-22-30(36)33-17-7-4-8-18-33/h3,5-6,9-16,19-20H,4,7-8,17-18,21-22H2,1-2H3,(H,32,35)/b31-20-. The fourth-order valence-corrected chi connectivity index (χ4v) is 5.99. The fourth-order valence-electron chi connectivity index (χ4n) is 4.48. The maximum absolute atomic E-state index is 13.5. The van der Waals surface area contributed by atoms with Crippen LogP contribution in [0.25, 0.3) is 0 Å². The van der Waals surface area contributed by atoms with Crippen molar-refractivity contribution in [1.29, 1.82) is 0 Å². The van der Waals surface area contributed by atoms with Crippen molar-refractivity contribution in [3.8, 4) is 5.75 Å². The van der Waals surface area contributed by atoms with E-state index < -0.39 is 22.5 Å². The number of nitrogens with one attached hydrogen (secondary N) is 1. The van der Waals surface area contributed by atoms with Gasteiger partial charge in [-0.1, -0.05) is 35.9 Å². The molecule has 3 aromatic rings. The van der Waals surface area contributed by atoms with Crippen LogP contribution < -0.4 is 14.5 Å². The third kappa shape index (κ3) is 7.47. The van der Waals surface area contributed by atoms with E-state index in [9.17, 15) is 18.0 Å². The Kier molecular flexibility index (Phi) is 9.55. The van der Waals surface area contributed by atoms with Crippen LogP contribution in [-0.4, -0.2) is 57.6 Å². The Balaban J connectivity index is 1.38.